The molecule has 0 bridgehead atoms. The first-order chi connectivity index (χ1) is 11.5. The molecule has 128 valence electrons. The molecular weight excluding hydrogens is 316 g/mol. The van der Waals surface area contributed by atoms with Gasteiger partial charge in [-0.25, -0.2) is 0 Å². The summed E-state index contributed by atoms with van der Waals surface area (Å²) in [5.41, 5.74) is 5.14. The van der Waals surface area contributed by atoms with Crippen LogP contribution in [-0.4, -0.2) is 35.8 Å². The lowest BCUT2D eigenvalue weighted by Gasteiger charge is -2.34. The Labute approximate surface area is 148 Å². The molecule has 2 heterocycles. The zero-order chi connectivity index (χ0) is 17.3. The summed E-state index contributed by atoms with van der Waals surface area (Å²) in [4.78, 5) is 18.3. The van der Waals surface area contributed by atoms with Crippen molar-refractivity contribution in [2.45, 2.75) is 39.8 Å². The smallest absolute Gasteiger partial charge is 0.236 e. The lowest BCUT2D eigenvalue weighted by Crippen LogP contribution is -2.42. The molecule has 1 aliphatic rings. The van der Waals surface area contributed by atoms with E-state index in [1.54, 1.807) is 0 Å². The van der Waals surface area contributed by atoms with Gasteiger partial charge in [0.05, 0.1) is 6.54 Å². The first-order valence-corrected chi connectivity index (χ1v) is 9.44. The van der Waals surface area contributed by atoms with Crippen molar-refractivity contribution in [3.63, 3.8) is 0 Å². The Balaban J connectivity index is 1.62. The Bertz CT molecular complexity index is 737. The van der Waals surface area contributed by atoms with Crippen molar-refractivity contribution in [1.82, 2.24) is 9.80 Å². The van der Waals surface area contributed by atoms with Crippen molar-refractivity contribution >= 4 is 17.2 Å². The molecule has 0 fully saturated rings. The highest BCUT2D eigenvalue weighted by molar-refractivity contribution is 7.10. The fraction of sp³-hybridized carbons (Fsp3) is 0.450. The molecule has 24 heavy (non-hydrogen) atoms. The SMILES string of the molecule is Cc1ccc(CN(C)C(=O)CN2CCc3sccc3[C@H]2C)c(C)c1. The first-order valence-electron chi connectivity index (χ1n) is 8.56. The summed E-state index contributed by atoms with van der Waals surface area (Å²) < 4.78 is 0. The van der Waals surface area contributed by atoms with Gasteiger partial charge in [-0.05, 0) is 55.3 Å². The largest absolute Gasteiger partial charge is 0.340 e. The van der Waals surface area contributed by atoms with Crippen LogP contribution < -0.4 is 0 Å². The molecule has 0 saturated heterocycles. The molecule has 4 heteroatoms. The summed E-state index contributed by atoms with van der Waals surface area (Å²) in [6.45, 7) is 8.57. The van der Waals surface area contributed by atoms with Crippen molar-refractivity contribution in [2.75, 3.05) is 20.1 Å². The van der Waals surface area contributed by atoms with E-state index in [0.29, 0.717) is 19.1 Å². The highest BCUT2D eigenvalue weighted by Gasteiger charge is 2.27. The van der Waals surface area contributed by atoms with Crippen LogP contribution in [0.2, 0.25) is 0 Å². The second-order valence-electron chi connectivity index (χ2n) is 6.88. The number of fused-ring (bicyclic) bond motifs is 1. The number of rotatable bonds is 4. The number of hydrogen-bond donors (Lipinski definition) is 0. The van der Waals surface area contributed by atoms with Crippen molar-refractivity contribution in [3.05, 3.63) is 56.8 Å². The van der Waals surface area contributed by atoms with E-state index >= 15 is 0 Å². The zero-order valence-corrected chi connectivity index (χ0v) is 15.8. The highest BCUT2D eigenvalue weighted by atomic mass is 32.1. The number of amides is 1. The molecule has 0 spiro atoms. The second kappa shape index (κ2) is 7.08. The Kier molecular flexibility index (Phi) is 5.07. The van der Waals surface area contributed by atoms with Gasteiger partial charge in [0, 0.05) is 31.1 Å². The summed E-state index contributed by atoms with van der Waals surface area (Å²) in [5, 5.41) is 2.17. The van der Waals surface area contributed by atoms with Gasteiger partial charge in [-0.1, -0.05) is 23.8 Å². The predicted molar refractivity (Wildman–Crippen MR) is 100 cm³/mol. The topological polar surface area (TPSA) is 23.6 Å². The Morgan fingerprint density at radius 3 is 2.88 bits per heavy atom. The van der Waals surface area contributed by atoms with Gasteiger partial charge in [0.1, 0.15) is 0 Å². The van der Waals surface area contributed by atoms with E-state index in [1.165, 1.54) is 27.1 Å². The number of thiophene rings is 1. The lowest BCUT2D eigenvalue weighted by atomic mass is 10.0. The van der Waals surface area contributed by atoms with Crippen LogP contribution in [0, 0.1) is 13.8 Å². The van der Waals surface area contributed by atoms with E-state index < -0.39 is 0 Å². The van der Waals surface area contributed by atoms with Crippen LogP contribution in [0.5, 0.6) is 0 Å². The minimum absolute atomic E-state index is 0.195. The van der Waals surface area contributed by atoms with Gasteiger partial charge in [0.25, 0.3) is 0 Å². The maximum absolute atomic E-state index is 12.7. The minimum atomic E-state index is 0.195. The zero-order valence-electron chi connectivity index (χ0n) is 15.0. The lowest BCUT2D eigenvalue weighted by molar-refractivity contribution is -0.132. The van der Waals surface area contributed by atoms with Crippen LogP contribution in [0.4, 0.5) is 0 Å². The van der Waals surface area contributed by atoms with Gasteiger partial charge in [-0.15, -0.1) is 11.3 Å². The van der Waals surface area contributed by atoms with Crippen molar-refractivity contribution < 1.29 is 4.79 Å². The van der Waals surface area contributed by atoms with Crippen LogP contribution in [0.25, 0.3) is 0 Å². The molecule has 2 aromatic rings. The molecule has 0 unspecified atom stereocenters. The van der Waals surface area contributed by atoms with Gasteiger partial charge in [-0.3, -0.25) is 9.69 Å². The van der Waals surface area contributed by atoms with Crippen LogP contribution in [-0.2, 0) is 17.8 Å². The molecule has 0 radical (unpaired) electrons. The molecule has 1 atom stereocenters. The third kappa shape index (κ3) is 3.55. The van der Waals surface area contributed by atoms with Gasteiger partial charge in [0.15, 0.2) is 0 Å². The first kappa shape index (κ1) is 17.2. The van der Waals surface area contributed by atoms with E-state index in [1.807, 2.05) is 23.3 Å². The number of aryl methyl sites for hydroxylation is 2. The fourth-order valence-corrected chi connectivity index (χ4v) is 4.40. The molecular formula is C20H26N2OS. The number of hydrogen-bond acceptors (Lipinski definition) is 3. The van der Waals surface area contributed by atoms with Gasteiger partial charge >= 0.3 is 0 Å². The third-order valence-corrected chi connectivity index (χ3v) is 6.07. The van der Waals surface area contributed by atoms with E-state index in [4.69, 9.17) is 0 Å². The summed E-state index contributed by atoms with van der Waals surface area (Å²) in [7, 11) is 1.91. The molecule has 0 N–H and O–H groups in total. The quantitative estimate of drug-likeness (QED) is 0.840. The summed E-state index contributed by atoms with van der Waals surface area (Å²) in [5.74, 6) is 0.195. The Hall–Kier alpha value is -1.65. The maximum atomic E-state index is 12.7. The van der Waals surface area contributed by atoms with Gasteiger partial charge in [-0.2, -0.15) is 0 Å². The molecule has 0 aliphatic carbocycles. The van der Waals surface area contributed by atoms with Crippen LogP contribution in [0.1, 0.15) is 40.1 Å². The summed E-state index contributed by atoms with van der Waals surface area (Å²) in [6, 6.07) is 8.97. The number of nitrogens with zero attached hydrogens (tertiary/aromatic N) is 2. The molecule has 1 aliphatic heterocycles. The molecule has 3 rings (SSSR count). The van der Waals surface area contributed by atoms with E-state index in [0.717, 1.165) is 13.0 Å². The highest BCUT2D eigenvalue weighted by Crippen LogP contribution is 2.32. The maximum Gasteiger partial charge on any atom is 0.236 e. The second-order valence-corrected chi connectivity index (χ2v) is 7.88. The normalized spacial score (nSPS) is 17.6. The monoisotopic (exact) mass is 342 g/mol. The molecule has 0 saturated carbocycles. The van der Waals surface area contributed by atoms with Crippen molar-refractivity contribution in [1.29, 1.82) is 0 Å². The van der Waals surface area contributed by atoms with Crippen molar-refractivity contribution in [2.24, 2.45) is 0 Å². The summed E-state index contributed by atoms with van der Waals surface area (Å²) in [6.07, 6.45) is 1.06. The van der Waals surface area contributed by atoms with Crippen LogP contribution >= 0.6 is 11.3 Å². The van der Waals surface area contributed by atoms with Gasteiger partial charge in [0.2, 0.25) is 5.91 Å². The molecule has 1 aromatic carbocycles. The molecule has 3 nitrogen and oxygen atoms in total. The van der Waals surface area contributed by atoms with Gasteiger partial charge < -0.3 is 4.90 Å². The summed E-state index contributed by atoms with van der Waals surface area (Å²) >= 11 is 1.84. The van der Waals surface area contributed by atoms with Crippen LogP contribution in [0.15, 0.2) is 29.6 Å². The number of carbonyl (C=O) groups is 1. The molecule has 1 amide bonds. The molecule has 1 aromatic heterocycles. The van der Waals surface area contributed by atoms with Crippen molar-refractivity contribution in [3.8, 4) is 0 Å². The standard InChI is InChI=1S/C20H26N2OS/c1-14-5-6-17(15(2)11-14)12-21(4)20(23)13-22-9-7-19-18(16(22)3)8-10-24-19/h5-6,8,10-11,16H,7,9,12-13H2,1-4H3/t16-/m1/s1. The Morgan fingerprint density at radius 2 is 2.12 bits per heavy atom. The minimum Gasteiger partial charge on any atom is -0.340 e. The Morgan fingerprint density at radius 1 is 1.33 bits per heavy atom. The third-order valence-electron chi connectivity index (χ3n) is 5.07. The van der Waals surface area contributed by atoms with Crippen LogP contribution in [0.3, 0.4) is 0 Å². The number of benzene rings is 1. The average Bonchev–Trinajstić information content (AvgIpc) is 3.02. The number of likely N-dealkylation sites (N-methyl/N-ethyl adjacent to an activating group) is 1. The van der Waals surface area contributed by atoms with E-state index in [-0.39, 0.29) is 5.91 Å². The number of carbonyl (C=O) groups excluding carboxylic acids is 1. The van der Waals surface area contributed by atoms with E-state index in [2.05, 4.69) is 55.3 Å². The van der Waals surface area contributed by atoms with E-state index in [9.17, 15) is 4.79 Å². The predicted octanol–water partition coefficient (Wildman–Crippen LogP) is 3.94. The average molecular weight is 343 g/mol. The fourth-order valence-electron chi connectivity index (χ4n) is 3.44.